The highest BCUT2D eigenvalue weighted by atomic mass is 16.5. The van der Waals surface area contributed by atoms with E-state index in [1.54, 1.807) is 0 Å². The molecular weight excluding hydrogens is 350 g/mol. The van der Waals surface area contributed by atoms with Crippen LogP contribution in [0.15, 0.2) is 30.3 Å². The van der Waals surface area contributed by atoms with Gasteiger partial charge in [-0.15, -0.1) is 0 Å². The Morgan fingerprint density at radius 1 is 0.929 bits per heavy atom. The van der Waals surface area contributed by atoms with E-state index < -0.39 is 0 Å². The van der Waals surface area contributed by atoms with Crippen molar-refractivity contribution in [1.29, 1.82) is 0 Å². The van der Waals surface area contributed by atoms with Crippen LogP contribution < -0.4 is 0 Å². The van der Waals surface area contributed by atoms with Crippen molar-refractivity contribution in [3.63, 3.8) is 0 Å². The van der Waals surface area contributed by atoms with Gasteiger partial charge in [0.25, 0.3) is 0 Å². The van der Waals surface area contributed by atoms with Gasteiger partial charge in [-0.2, -0.15) is 0 Å². The average Bonchev–Trinajstić information content (AvgIpc) is 3.04. The molecular formula is C23H35N3O2. The van der Waals surface area contributed by atoms with Crippen LogP contribution in [0.3, 0.4) is 0 Å². The number of carbonyl (C=O) groups excluding carboxylic acids is 1. The van der Waals surface area contributed by atoms with E-state index in [-0.39, 0.29) is 5.92 Å². The Bertz CT molecular complexity index is 608. The van der Waals surface area contributed by atoms with Crippen LogP contribution in [0.2, 0.25) is 0 Å². The lowest BCUT2D eigenvalue weighted by atomic mass is 9.92. The lowest BCUT2D eigenvalue weighted by molar-refractivity contribution is -0.137. The monoisotopic (exact) mass is 385 g/mol. The zero-order valence-electron chi connectivity index (χ0n) is 17.1. The zero-order chi connectivity index (χ0) is 19.2. The van der Waals surface area contributed by atoms with E-state index in [2.05, 4.69) is 45.0 Å². The molecule has 0 bridgehead atoms. The van der Waals surface area contributed by atoms with Crippen LogP contribution in [-0.2, 0) is 16.1 Å². The largest absolute Gasteiger partial charge is 0.380 e. The van der Waals surface area contributed by atoms with E-state index in [0.717, 1.165) is 71.7 Å². The molecule has 0 spiro atoms. The summed E-state index contributed by atoms with van der Waals surface area (Å²) in [6.45, 7) is 8.64. The number of carbonyl (C=O) groups is 1. The molecule has 5 heteroatoms. The highest BCUT2D eigenvalue weighted by Gasteiger charge is 2.33. The topological polar surface area (TPSA) is 36.0 Å². The number of benzene rings is 1. The summed E-state index contributed by atoms with van der Waals surface area (Å²) in [5, 5.41) is 0. The van der Waals surface area contributed by atoms with Gasteiger partial charge in [0.1, 0.15) is 0 Å². The molecule has 0 N–H and O–H groups in total. The van der Waals surface area contributed by atoms with E-state index in [1.165, 1.54) is 18.4 Å². The van der Waals surface area contributed by atoms with Gasteiger partial charge in [-0.05, 0) is 57.3 Å². The van der Waals surface area contributed by atoms with Gasteiger partial charge in [0.2, 0.25) is 5.91 Å². The van der Waals surface area contributed by atoms with Crippen molar-refractivity contribution < 1.29 is 9.53 Å². The van der Waals surface area contributed by atoms with E-state index >= 15 is 0 Å². The summed E-state index contributed by atoms with van der Waals surface area (Å²) < 4.78 is 5.52. The lowest BCUT2D eigenvalue weighted by Crippen LogP contribution is -2.51. The van der Waals surface area contributed by atoms with Crippen LogP contribution in [0, 0.1) is 5.92 Å². The molecule has 0 saturated carbocycles. The third-order valence-electron chi connectivity index (χ3n) is 6.66. The van der Waals surface area contributed by atoms with Gasteiger partial charge in [-0.1, -0.05) is 30.3 Å². The maximum absolute atomic E-state index is 13.0. The third-order valence-corrected chi connectivity index (χ3v) is 6.66. The minimum atomic E-state index is 0.189. The van der Waals surface area contributed by atoms with Gasteiger partial charge in [-0.25, -0.2) is 0 Å². The quantitative estimate of drug-likeness (QED) is 0.798. The minimum absolute atomic E-state index is 0.189. The van der Waals surface area contributed by atoms with Crippen molar-refractivity contribution in [2.45, 2.75) is 44.7 Å². The first kappa shape index (κ1) is 19.9. The molecule has 1 unspecified atom stereocenters. The molecule has 1 atom stereocenters. The van der Waals surface area contributed by atoms with Crippen LogP contribution in [0.1, 0.15) is 37.7 Å². The predicted octanol–water partition coefficient (Wildman–Crippen LogP) is 2.61. The van der Waals surface area contributed by atoms with Gasteiger partial charge >= 0.3 is 0 Å². The highest BCUT2D eigenvalue weighted by Crippen LogP contribution is 2.26. The predicted molar refractivity (Wildman–Crippen MR) is 111 cm³/mol. The second-order valence-electron chi connectivity index (χ2n) is 8.62. The molecule has 5 nitrogen and oxygen atoms in total. The summed E-state index contributed by atoms with van der Waals surface area (Å²) >= 11 is 0. The standard InChI is InChI=1S/C23H35N3O2/c27-23(25-12-5-16-28-17-15-25)21-8-4-11-26(19-21)22-9-13-24(14-10-22)18-20-6-2-1-3-7-20/h1-3,6-7,21-22H,4-5,8-19H2. The number of hydrogen-bond donors (Lipinski definition) is 0. The summed E-state index contributed by atoms with van der Waals surface area (Å²) in [4.78, 5) is 20.3. The summed E-state index contributed by atoms with van der Waals surface area (Å²) in [5.74, 6) is 0.561. The Kier molecular flexibility index (Phi) is 7.00. The number of likely N-dealkylation sites (tertiary alicyclic amines) is 2. The first-order valence-electron chi connectivity index (χ1n) is 11.2. The second kappa shape index (κ2) is 9.86. The number of ether oxygens (including phenoxy) is 1. The molecule has 4 rings (SSSR count). The first-order chi connectivity index (χ1) is 13.8. The van der Waals surface area contributed by atoms with Crippen LogP contribution in [-0.4, -0.2) is 79.1 Å². The van der Waals surface area contributed by atoms with Crippen molar-refractivity contribution in [2.24, 2.45) is 5.92 Å². The van der Waals surface area contributed by atoms with E-state index in [4.69, 9.17) is 4.74 Å². The fourth-order valence-electron chi connectivity index (χ4n) is 5.05. The van der Waals surface area contributed by atoms with Gasteiger partial charge < -0.3 is 9.64 Å². The maximum Gasteiger partial charge on any atom is 0.227 e. The van der Waals surface area contributed by atoms with Crippen molar-refractivity contribution in [1.82, 2.24) is 14.7 Å². The first-order valence-corrected chi connectivity index (χ1v) is 11.2. The van der Waals surface area contributed by atoms with Gasteiger partial charge in [0.05, 0.1) is 12.5 Å². The van der Waals surface area contributed by atoms with Crippen molar-refractivity contribution in [3.8, 4) is 0 Å². The van der Waals surface area contributed by atoms with Crippen molar-refractivity contribution in [3.05, 3.63) is 35.9 Å². The molecule has 1 aromatic rings. The number of amides is 1. The van der Waals surface area contributed by atoms with Crippen molar-refractivity contribution >= 4 is 5.91 Å². The Morgan fingerprint density at radius 2 is 1.75 bits per heavy atom. The smallest absolute Gasteiger partial charge is 0.227 e. The summed E-state index contributed by atoms with van der Waals surface area (Å²) in [6.07, 6.45) is 5.64. The molecule has 28 heavy (non-hydrogen) atoms. The molecule has 0 aromatic heterocycles. The lowest BCUT2D eigenvalue weighted by Gasteiger charge is -2.42. The number of piperidine rings is 2. The fourth-order valence-corrected chi connectivity index (χ4v) is 5.05. The summed E-state index contributed by atoms with van der Waals surface area (Å²) in [5.41, 5.74) is 1.41. The van der Waals surface area contributed by atoms with Gasteiger partial charge in [-0.3, -0.25) is 14.6 Å². The number of hydrogen-bond acceptors (Lipinski definition) is 4. The van der Waals surface area contributed by atoms with Crippen LogP contribution in [0.5, 0.6) is 0 Å². The van der Waals surface area contributed by atoms with Crippen molar-refractivity contribution in [2.75, 3.05) is 52.5 Å². The number of rotatable bonds is 4. The van der Waals surface area contributed by atoms with Gasteiger partial charge in [0, 0.05) is 38.8 Å². The molecule has 3 saturated heterocycles. The van der Waals surface area contributed by atoms with Crippen LogP contribution >= 0.6 is 0 Å². The van der Waals surface area contributed by atoms with E-state index in [9.17, 15) is 4.79 Å². The molecule has 3 heterocycles. The Morgan fingerprint density at radius 3 is 2.57 bits per heavy atom. The molecule has 0 aliphatic carbocycles. The van der Waals surface area contributed by atoms with E-state index in [0.29, 0.717) is 18.6 Å². The fraction of sp³-hybridized carbons (Fsp3) is 0.696. The van der Waals surface area contributed by atoms with E-state index in [1.807, 2.05) is 0 Å². The molecule has 3 fully saturated rings. The number of nitrogens with zero attached hydrogens (tertiary/aromatic N) is 3. The third kappa shape index (κ3) is 5.13. The molecule has 3 aliphatic rings. The maximum atomic E-state index is 13.0. The van der Waals surface area contributed by atoms with Gasteiger partial charge in [0.15, 0.2) is 0 Å². The second-order valence-corrected chi connectivity index (χ2v) is 8.62. The molecule has 1 aromatic carbocycles. The molecule has 154 valence electrons. The Labute approximate surface area is 169 Å². The Balaban J connectivity index is 1.26. The summed E-state index contributed by atoms with van der Waals surface area (Å²) in [6, 6.07) is 11.4. The molecule has 0 radical (unpaired) electrons. The normalized spacial score (nSPS) is 26.1. The molecule has 1 amide bonds. The summed E-state index contributed by atoms with van der Waals surface area (Å²) in [7, 11) is 0. The Hall–Kier alpha value is -1.43. The zero-order valence-corrected chi connectivity index (χ0v) is 17.1. The highest BCUT2D eigenvalue weighted by molar-refractivity contribution is 5.79. The van der Waals surface area contributed by atoms with Crippen LogP contribution in [0.25, 0.3) is 0 Å². The average molecular weight is 386 g/mol. The molecule has 3 aliphatic heterocycles. The van der Waals surface area contributed by atoms with Crippen LogP contribution in [0.4, 0.5) is 0 Å². The SMILES string of the molecule is O=C(C1CCCN(C2CCN(Cc3ccccc3)CC2)C1)N1CCCOCC1. The minimum Gasteiger partial charge on any atom is -0.380 e.